The number of hydrogen-bond donors (Lipinski definition) is 0. The molecule has 0 aliphatic heterocycles. The summed E-state index contributed by atoms with van der Waals surface area (Å²) in [5.74, 6) is -0.533. The minimum Gasteiger partial charge on any atom is -0.266 e. The van der Waals surface area contributed by atoms with Crippen LogP contribution in [-0.4, -0.2) is 16.6 Å². The molecule has 0 spiro atoms. The van der Waals surface area contributed by atoms with Crippen LogP contribution < -0.4 is 0 Å². The van der Waals surface area contributed by atoms with Gasteiger partial charge in [-0.1, -0.05) is 11.4 Å². The third-order valence-corrected chi connectivity index (χ3v) is 3.03. The van der Waals surface area contributed by atoms with Crippen molar-refractivity contribution in [3.63, 3.8) is 0 Å². The second-order valence-corrected chi connectivity index (χ2v) is 5.30. The fourth-order valence-corrected chi connectivity index (χ4v) is 2.11. The smallest absolute Gasteiger partial charge is 0.266 e. The van der Waals surface area contributed by atoms with E-state index in [9.17, 15) is 9.28 Å². The van der Waals surface area contributed by atoms with Gasteiger partial charge in [-0.25, -0.2) is 0 Å². The lowest BCUT2D eigenvalue weighted by molar-refractivity contribution is -0.0318. The maximum absolute atomic E-state index is 13.7. The Bertz CT molecular complexity index is 354. The molecule has 84 valence electrons. The summed E-state index contributed by atoms with van der Waals surface area (Å²) in [6, 6.07) is 1.87. The fourth-order valence-electron chi connectivity index (χ4n) is 1.20. The largest absolute Gasteiger partial charge is 0.292 e. The van der Waals surface area contributed by atoms with E-state index in [1.807, 2.05) is 18.4 Å². The topological polar surface area (TPSA) is 20.3 Å². The third kappa shape index (κ3) is 2.56. The van der Waals surface area contributed by atoms with Crippen LogP contribution >= 0.6 is 11.3 Å². The SMILES string of the molecule is CCc1ccsc1C(=O)N(F)C(C)(C)C. The highest BCUT2D eigenvalue weighted by Gasteiger charge is 2.29. The summed E-state index contributed by atoms with van der Waals surface area (Å²) in [5.41, 5.74) is 0.128. The van der Waals surface area contributed by atoms with E-state index in [-0.39, 0.29) is 0 Å². The van der Waals surface area contributed by atoms with Crippen molar-refractivity contribution >= 4 is 17.2 Å². The molecule has 1 aromatic heterocycles. The van der Waals surface area contributed by atoms with Crippen molar-refractivity contribution in [3.05, 3.63) is 21.9 Å². The van der Waals surface area contributed by atoms with Crippen molar-refractivity contribution in [2.75, 3.05) is 0 Å². The molecular weight excluding hydrogens is 213 g/mol. The van der Waals surface area contributed by atoms with E-state index in [1.165, 1.54) is 11.3 Å². The Kier molecular flexibility index (Phi) is 3.50. The molecule has 0 bridgehead atoms. The first-order chi connectivity index (χ1) is 6.88. The molecule has 1 rings (SSSR count). The van der Waals surface area contributed by atoms with Crippen LogP contribution in [0.5, 0.6) is 0 Å². The first-order valence-electron chi connectivity index (χ1n) is 4.94. The Morgan fingerprint density at radius 2 is 2.13 bits per heavy atom. The number of aryl methyl sites for hydroxylation is 1. The molecule has 1 heterocycles. The summed E-state index contributed by atoms with van der Waals surface area (Å²) >= 11 is 1.30. The first kappa shape index (κ1) is 12.2. The lowest BCUT2D eigenvalue weighted by atomic mass is 10.1. The standard InChI is InChI=1S/C11H16FNOS/c1-5-8-6-7-15-9(8)10(14)13(12)11(2,3)4/h6-7H,5H2,1-4H3. The van der Waals surface area contributed by atoms with Gasteiger partial charge in [-0.15, -0.1) is 11.3 Å². The lowest BCUT2D eigenvalue weighted by Crippen LogP contribution is -2.39. The third-order valence-electron chi connectivity index (χ3n) is 2.09. The Labute approximate surface area is 93.6 Å². The Balaban J connectivity index is 2.95. The highest BCUT2D eigenvalue weighted by Crippen LogP contribution is 2.24. The number of nitrogens with zero attached hydrogens (tertiary/aromatic N) is 1. The second kappa shape index (κ2) is 4.31. The summed E-state index contributed by atoms with van der Waals surface area (Å²) in [6.45, 7) is 6.97. The molecule has 0 radical (unpaired) electrons. The number of hydrogen-bond acceptors (Lipinski definition) is 2. The predicted molar refractivity (Wildman–Crippen MR) is 60.7 cm³/mol. The molecule has 0 saturated carbocycles. The monoisotopic (exact) mass is 229 g/mol. The van der Waals surface area contributed by atoms with E-state index in [0.717, 1.165) is 12.0 Å². The summed E-state index contributed by atoms with van der Waals surface area (Å²) in [6.07, 6.45) is 0.753. The van der Waals surface area contributed by atoms with Gasteiger partial charge in [0.25, 0.3) is 5.91 Å². The van der Waals surface area contributed by atoms with Gasteiger partial charge in [0.2, 0.25) is 0 Å². The van der Waals surface area contributed by atoms with E-state index in [2.05, 4.69) is 0 Å². The first-order valence-corrected chi connectivity index (χ1v) is 5.82. The molecule has 0 aliphatic rings. The zero-order chi connectivity index (χ0) is 11.6. The van der Waals surface area contributed by atoms with Crippen molar-refractivity contribution in [2.24, 2.45) is 0 Å². The van der Waals surface area contributed by atoms with Crippen molar-refractivity contribution in [2.45, 2.75) is 39.7 Å². The molecule has 15 heavy (non-hydrogen) atoms. The van der Waals surface area contributed by atoms with Gasteiger partial charge in [-0.05, 0) is 44.2 Å². The average Bonchev–Trinajstić information content (AvgIpc) is 2.61. The zero-order valence-electron chi connectivity index (χ0n) is 9.50. The lowest BCUT2D eigenvalue weighted by Gasteiger charge is -2.26. The molecule has 1 amide bonds. The molecule has 0 fully saturated rings. The maximum atomic E-state index is 13.7. The molecule has 0 aliphatic carbocycles. The molecule has 4 heteroatoms. The molecule has 0 aromatic carbocycles. The van der Waals surface area contributed by atoms with E-state index in [4.69, 9.17) is 0 Å². The number of carbonyl (C=O) groups is 1. The fraction of sp³-hybridized carbons (Fsp3) is 0.545. The summed E-state index contributed by atoms with van der Waals surface area (Å²) in [7, 11) is 0. The van der Waals surface area contributed by atoms with Gasteiger partial charge < -0.3 is 0 Å². The molecule has 0 unspecified atom stereocenters. The number of rotatable bonds is 2. The minimum absolute atomic E-state index is 0.304. The van der Waals surface area contributed by atoms with Gasteiger partial charge in [-0.3, -0.25) is 4.79 Å². The highest BCUT2D eigenvalue weighted by molar-refractivity contribution is 7.12. The predicted octanol–water partition coefficient (Wildman–Crippen LogP) is 3.44. The van der Waals surface area contributed by atoms with Crippen molar-refractivity contribution in [1.82, 2.24) is 5.12 Å². The summed E-state index contributed by atoms with van der Waals surface area (Å²) in [5, 5.41) is 2.13. The number of carbonyl (C=O) groups excluding carboxylic acids is 1. The van der Waals surface area contributed by atoms with Gasteiger partial charge in [-0.2, -0.15) is 5.12 Å². The van der Waals surface area contributed by atoms with Crippen LogP contribution in [0, 0.1) is 0 Å². The van der Waals surface area contributed by atoms with Crippen LogP contribution in [0.4, 0.5) is 4.48 Å². The molecule has 1 aromatic rings. The van der Waals surface area contributed by atoms with Crippen LogP contribution in [0.25, 0.3) is 0 Å². The Morgan fingerprint density at radius 3 is 2.60 bits per heavy atom. The van der Waals surface area contributed by atoms with Crippen molar-refractivity contribution < 1.29 is 9.28 Å². The van der Waals surface area contributed by atoms with Gasteiger partial charge in [0.15, 0.2) is 0 Å². The number of halogens is 1. The van der Waals surface area contributed by atoms with E-state index in [0.29, 0.717) is 10.00 Å². The van der Waals surface area contributed by atoms with Crippen LogP contribution in [0.15, 0.2) is 11.4 Å². The van der Waals surface area contributed by atoms with Gasteiger partial charge in [0.1, 0.15) is 0 Å². The van der Waals surface area contributed by atoms with Gasteiger partial charge in [0.05, 0.1) is 10.4 Å². The van der Waals surface area contributed by atoms with E-state index in [1.54, 1.807) is 20.8 Å². The molecule has 0 saturated heterocycles. The van der Waals surface area contributed by atoms with Crippen LogP contribution in [0.2, 0.25) is 0 Å². The Morgan fingerprint density at radius 1 is 1.53 bits per heavy atom. The molecular formula is C11H16FNOS. The number of amides is 1. The Hall–Kier alpha value is -0.900. The molecule has 2 nitrogen and oxygen atoms in total. The van der Waals surface area contributed by atoms with Crippen LogP contribution in [-0.2, 0) is 6.42 Å². The van der Waals surface area contributed by atoms with Crippen molar-refractivity contribution in [3.8, 4) is 0 Å². The van der Waals surface area contributed by atoms with Crippen molar-refractivity contribution in [1.29, 1.82) is 0 Å². The zero-order valence-corrected chi connectivity index (χ0v) is 10.3. The number of thiophene rings is 1. The van der Waals surface area contributed by atoms with Gasteiger partial charge >= 0.3 is 0 Å². The molecule has 0 atom stereocenters. The summed E-state index contributed by atoms with van der Waals surface area (Å²) in [4.78, 5) is 12.3. The maximum Gasteiger partial charge on any atom is 0.292 e. The molecule has 0 N–H and O–H groups in total. The average molecular weight is 229 g/mol. The quantitative estimate of drug-likeness (QED) is 0.711. The minimum atomic E-state index is -0.786. The van der Waals surface area contributed by atoms with E-state index < -0.39 is 11.4 Å². The highest BCUT2D eigenvalue weighted by atomic mass is 32.1. The van der Waals surface area contributed by atoms with Crippen LogP contribution in [0.1, 0.15) is 42.9 Å². The summed E-state index contributed by atoms with van der Waals surface area (Å²) < 4.78 is 13.7. The van der Waals surface area contributed by atoms with Crippen LogP contribution in [0.3, 0.4) is 0 Å². The van der Waals surface area contributed by atoms with E-state index >= 15 is 0 Å². The second-order valence-electron chi connectivity index (χ2n) is 4.39. The normalized spacial score (nSPS) is 11.5. The van der Waals surface area contributed by atoms with Gasteiger partial charge in [0, 0.05) is 0 Å².